The zero-order chi connectivity index (χ0) is 20.7. The molecule has 3 aromatic rings. The molecule has 1 aliphatic heterocycles. The van der Waals surface area contributed by atoms with Crippen molar-refractivity contribution in [3.63, 3.8) is 0 Å². The van der Waals surface area contributed by atoms with Crippen LogP contribution in [0.25, 0.3) is 0 Å². The molecular weight excluding hydrogens is 394 g/mol. The second-order valence-electron chi connectivity index (χ2n) is 8.13. The van der Waals surface area contributed by atoms with Crippen LogP contribution in [0.2, 0.25) is 0 Å². The van der Waals surface area contributed by atoms with Crippen molar-refractivity contribution in [2.75, 3.05) is 10.8 Å². The Hall–Kier alpha value is -2.79. The first kappa shape index (κ1) is 19.2. The molecule has 0 aromatic heterocycles. The molecule has 30 heavy (non-hydrogen) atoms. The SMILES string of the molecule is Cc1cccc(S(=O)(=O)N2CCCc3cc(O[C@H]4CCc5ccccc54)ccc32)c1. The van der Waals surface area contributed by atoms with Crippen LogP contribution in [0.15, 0.2) is 71.6 Å². The summed E-state index contributed by atoms with van der Waals surface area (Å²) in [6, 6.07) is 21.4. The number of sulfonamides is 1. The average molecular weight is 420 g/mol. The lowest BCUT2D eigenvalue weighted by atomic mass is 10.0. The Balaban J connectivity index is 1.44. The van der Waals surface area contributed by atoms with Crippen LogP contribution in [-0.2, 0) is 22.9 Å². The van der Waals surface area contributed by atoms with Crippen LogP contribution < -0.4 is 9.04 Å². The van der Waals surface area contributed by atoms with Gasteiger partial charge in [-0.05, 0) is 85.2 Å². The molecule has 0 unspecified atom stereocenters. The lowest BCUT2D eigenvalue weighted by Gasteiger charge is -2.31. The standard InChI is InChI=1S/C25H25NO3S/c1-18-6-4-9-22(16-18)30(27,28)26-15-5-8-20-17-21(12-13-24(20)26)29-25-14-11-19-7-2-3-10-23(19)25/h2-4,6-7,9-10,12-13,16-17,25H,5,8,11,14-15H2,1H3/t25-/m0/s1. The van der Waals surface area contributed by atoms with Gasteiger partial charge in [0, 0.05) is 6.54 Å². The van der Waals surface area contributed by atoms with Gasteiger partial charge in [-0.25, -0.2) is 8.42 Å². The fraction of sp³-hybridized carbons (Fsp3) is 0.280. The van der Waals surface area contributed by atoms with E-state index in [4.69, 9.17) is 4.74 Å². The molecule has 1 atom stereocenters. The van der Waals surface area contributed by atoms with Crippen LogP contribution in [0.1, 0.15) is 41.2 Å². The summed E-state index contributed by atoms with van der Waals surface area (Å²) < 4.78 is 34.5. The van der Waals surface area contributed by atoms with Crippen molar-refractivity contribution in [1.29, 1.82) is 0 Å². The summed E-state index contributed by atoms with van der Waals surface area (Å²) in [5.74, 6) is 0.810. The van der Waals surface area contributed by atoms with Gasteiger partial charge in [0.2, 0.25) is 0 Å². The number of hydrogen-bond donors (Lipinski definition) is 0. The van der Waals surface area contributed by atoms with Crippen molar-refractivity contribution in [1.82, 2.24) is 0 Å². The molecule has 0 bridgehead atoms. The second kappa shape index (κ2) is 7.47. The number of rotatable bonds is 4. The van der Waals surface area contributed by atoms with Gasteiger partial charge < -0.3 is 4.74 Å². The van der Waals surface area contributed by atoms with Gasteiger partial charge in [-0.3, -0.25) is 4.31 Å². The first-order valence-corrected chi connectivity index (χ1v) is 11.9. The summed E-state index contributed by atoms with van der Waals surface area (Å²) in [5, 5.41) is 0. The molecule has 0 amide bonds. The third kappa shape index (κ3) is 3.37. The lowest BCUT2D eigenvalue weighted by molar-refractivity contribution is 0.207. The zero-order valence-electron chi connectivity index (χ0n) is 17.0. The molecule has 5 heteroatoms. The maximum Gasteiger partial charge on any atom is 0.264 e. The second-order valence-corrected chi connectivity index (χ2v) is 9.99. The summed E-state index contributed by atoms with van der Waals surface area (Å²) in [4.78, 5) is 0.346. The van der Waals surface area contributed by atoms with Crippen LogP contribution in [0.3, 0.4) is 0 Å². The molecule has 4 nitrogen and oxygen atoms in total. The minimum Gasteiger partial charge on any atom is -0.486 e. The smallest absolute Gasteiger partial charge is 0.264 e. The molecule has 0 saturated heterocycles. The van der Waals surface area contributed by atoms with Crippen molar-refractivity contribution >= 4 is 15.7 Å². The van der Waals surface area contributed by atoms with Gasteiger partial charge in [0.15, 0.2) is 0 Å². The minimum absolute atomic E-state index is 0.0648. The quantitative estimate of drug-likeness (QED) is 0.584. The Morgan fingerprint density at radius 1 is 0.933 bits per heavy atom. The predicted octanol–water partition coefficient (Wildman–Crippen LogP) is 5.20. The number of hydrogen-bond acceptors (Lipinski definition) is 3. The lowest BCUT2D eigenvalue weighted by Crippen LogP contribution is -2.35. The van der Waals surface area contributed by atoms with E-state index in [1.807, 2.05) is 31.2 Å². The Labute approximate surface area is 178 Å². The highest BCUT2D eigenvalue weighted by Crippen LogP contribution is 2.38. The molecule has 5 rings (SSSR count). The Bertz CT molecular complexity index is 1200. The maximum atomic E-state index is 13.3. The van der Waals surface area contributed by atoms with E-state index in [-0.39, 0.29) is 6.10 Å². The fourth-order valence-electron chi connectivity index (χ4n) is 4.57. The summed E-state index contributed by atoms with van der Waals surface area (Å²) in [7, 11) is -3.58. The molecule has 3 aromatic carbocycles. The van der Waals surface area contributed by atoms with Crippen molar-refractivity contribution < 1.29 is 13.2 Å². The molecule has 2 aliphatic rings. The van der Waals surface area contributed by atoms with Gasteiger partial charge in [0.1, 0.15) is 11.9 Å². The van der Waals surface area contributed by atoms with Crippen molar-refractivity contribution in [2.24, 2.45) is 0 Å². The summed E-state index contributed by atoms with van der Waals surface area (Å²) in [5.41, 5.74) is 5.35. The average Bonchev–Trinajstić information content (AvgIpc) is 3.16. The maximum absolute atomic E-state index is 13.3. The van der Waals surface area contributed by atoms with Crippen LogP contribution >= 0.6 is 0 Å². The third-order valence-corrected chi connectivity index (χ3v) is 7.87. The minimum atomic E-state index is -3.58. The monoisotopic (exact) mass is 419 g/mol. The van der Waals surface area contributed by atoms with E-state index >= 15 is 0 Å². The Morgan fingerprint density at radius 3 is 2.67 bits per heavy atom. The van der Waals surface area contributed by atoms with Gasteiger partial charge >= 0.3 is 0 Å². The number of aryl methyl sites for hydroxylation is 3. The van der Waals surface area contributed by atoms with Gasteiger partial charge in [-0.1, -0.05) is 36.4 Å². The molecule has 1 heterocycles. The number of benzene rings is 3. The van der Waals surface area contributed by atoms with E-state index in [1.165, 1.54) is 11.1 Å². The molecule has 0 spiro atoms. The Kier molecular flexibility index (Phi) is 4.78. The molecule has 0 radical (unpaired) electrons. The van der Waals surface area contributed by atoms with Crippen LogP contribution in [0.4, 0.5) is 5.69 Å². The third-order valence-electron chi connectivity index (χ3n) is 6.06. The first-order chi connectivity index (χ1) is 14.5. The first-order valence-electron chi connectivity index (χ1n) is 10.5. The van der Waals surface area contributed by atoms with Crippen LogP contribution in [0, 0.1) is 6.92 Å². The van der Waals surface area contributed by atoms with Gasteiger partial charge in [-0.15, -0.1) is 0 Å². The van der Waals surface area contributed by atoms with Gasteiger partial charge in [-0.2, -0.15) is 0 Å². The number of nitrogens with zero attached hydrogens (tertiary/aromatic N) is 1. The highest BCUT2D eigenvalue weighted by Gasteiger charge is 2.30. The molecule has 0 saturated carbocycles. The highest BCUT2D eigenvalue weighted by atomic mass is 32.2. The summed E-state index contributed by atoms with van der Waals surface area (Å²) >= 11 is 0. The highest BCUT2D eigenvalue weighted by molar-refractivity contribution is 7.92. The molecule has 0 N–H and O–H groups in total. The summed E-state index contributed by atoms with van der Waals surface area (Å²) in [6.07, 6.45) is 3.73. The van der Waals surface area contributed by atoms with Crippen molar-refractivity contribution in [3.8, 4) is 5.75 Å². The molecule has 0 fully saturated rings. The number of fused-ring (bicyclic) bond motifs is 2. The topological polar surface area (TPSA) is 46.6 Å². The van der Waals surface area contributed by atoms with E-state index in [0.29, 0.717) is 11.4 Å². The molecular formula is C25H25NO3S. The number of ether oxygens (including phenoxy) is 1. The fourth-order valence-corrected chi connectivity index (χ4v) is 6.22. The normalized spacial score (nSPS) is 18.0. The number of anilines is 1. The van der Waals surface area contributed by atoms with E-state index in [9.17, 15) is 8.42 Å². The molecule has 1 aliphatic carbocycles. The predicted molar refractivity (Wildman–Crippen MR) is 119 cm³/mol. The van der Waals surface area contributed by atoms with E-state index in [1.54, 1.807) is 22.5 Å². The van der Waals surface area contributed by atoms with Gasteiger partial charge in [0.05, 0.1) is 10.6 Å². The van der Waals surface area contributed by atoms with E-state index < -0.39 is 10.0 Å². The summed E-state index contributed by atoms with van der Waals surface area (Å²) in [6.45, 7) is 2.41. The zero-order valence-corrected chi connectivity index (χ0v) is 17.9. The van der Waals surface area contributed by atoms with E-state index in [0.717, 1.165) is 48.2 Å². The van der Waals surface area contributed by atoms with Crippen molar-refractivity contribution in [3.05, 3.63) is 89.0 Å². The van der Waals surface area contributed by atoms with Crippen LogP contribution in [-0.4, -0.2) is 15.0 Å². The Morgan fingerprint density at radius 2 is 1.80 bits per heavy atom. The molecule has 154 valence electrons. The van der Waals surface area contributed by atoms with E-state index in [2.05, 4.69) is 24.3 Å². The van der Waals surface area contributed by atoms with Gasteiger partial charge in [0.25, 0.3) is 10.0 Å². The van der Waals surface area contributed by atoms with Crippen LogP contribution in [0.5, 0.6) is 5.75 Å². The van der Waals surface area contributed by atoms with Crippen molar-refractivity contribution in [2.45, 2.75) is 43.6 Å². The largest absolute Gasteiger partial charge is 0.486 e.